The Morgan fingerprint density at radius 2 is 2.25 bits per heavy atom. The lowest BCUT2D eigenvalue weighted by Crippen LogP contribution is -2.34. The average molecular weight is 293 g/mol. The minimum Gasteiger partial charge on any atom is -0.480 e. The topological polar surface area (TPSA) is 38.6 Å². The van der Waals surface area contributed by atoms with E-state index in [9.17, 15) is 0 Å². The van der Waals surface area contributed by atoms with Gasteiger partial charge >= 0.3 is 0 Å². The molecule has 1 fully saturated rings. The molecular formula is C15H23N3OS. The Kier molecular flexibility index (Phi) is 4.27. The quantitative estimate of drug-likeness (QED) is 0.917. The van der Waals surface area contributed by atoms with E-state index in [2.05, 4.69) is 33.2 Å². The molecule has 1 unspecified atom stereocenters. The summed E-state index contributed by atoms with van der Waals surface area (Å²) in [5, 5.41) is 5.74. The van der Waals surface area contributed by atoms with Gasteiger partial charge in [0.1, 0.15) is 5.69 Å². The highest BCUT2D eigenvalue weighted by molar-refractivity contribution is 7.15. The maximum absolute atomic E-state index is 5.40. The number of ether oxygens (including phenoxy) is 1. The minimum absolute atomic E-state index is 0.559. The highest BCUT2D eigenvalue weighted by Gasteiger charge is 2.21. The molecule has 1 saturated carbocycles. The highest BCUT2D eigenvalue weighted by atomic mass is 32.1. The molecule has 1 aliphatic rings. The van der Waals surface area contributed by atoms with E-state index in [-0.39, 0.29) is 0 Å². The summed E-state index contributed by atoms with van der Waals surface area (Å²) in [6.07, 6.45) is 8.99. The summed E-state index contributed by atoms with van der Waals surface area (Å²) in [5.74, 6) is 1.57. The Balaban J connectivity index is 1.67. The average Bonchev–Trinajstić information content (AvgIpc) is 3.06. The predicted octanol–water partition coefficient (Wildman–Crippen LogP) is 3.46. The van der Waals surface area contributed by atoms with Crippen LogP contribution in [-0.4, -0.2) is 22.5 Å². The molecule has 0 radical (unpaired) electrons. The van der Waals surface area contributed by atoms with Gasteiger partial charge in [-0.1, -0.05) is 19.3 Å². The second kappa shape index (κ2) is 6.14. The van der Waals surface area contributed by atoms with Crippen LogP contribution in [0.25, 0.3) is 4.96 Å². The Bertz CT molecular complexity index is 556. The van der Waals surface area contributed by atoms with Crippen LogP contribution >= 0.6 is 11.3 Å². The third kappa shape index (κ3) is 2.69. The van der Waals surface area contributed by atoms with Crippen LogP contribution < -0.4 is 10.1 Å². The van der Waals surface area contributed by atoms with Crippen molar-refractivity contribution in [1.82, 2.24) is 14.7 Å². The zero-order valence-corrected chi connectivity index (χ0v) is 13.1. The van der Waals surface area contributed by atoms with Gasteiger partial charge in [0.2, 0.25) is 5.88 Å². The lowest BCUT2D eigenvalue weighted by atomic mass is 9.84. The van der Waals surface area contributed by atoms with Crippen LogP contribution in [0, 0.1) is 5.92 Å². The first kappa shape index (κ1) is 13.9. The second-order valence-electron chi connectivity index (χ2n) is 5.69. The van der Waals surface area contributed by atoms with Crippen LogP contribution in [0.1, 0.15) is 44.7 Å². The molecule has 0 spiro atoms. The van der Waals surface area contributed by atoms with E-state index in [0.29, 0.717) is 6.04 Å². The van der Waals surface area contributed by atoms with E-state index in [4.69, 9.17) is 4.74 Å². The van der Waals surface area contributed by atoms with Crippen LogP contribution in [0.3, 0.4) is 0 Å². The van der Waals surface area contributed by atoms with E-state index in [1.54, 1.807) is 18.4 Å². The van der Waals surface area contributed by atoms with E-state index >= 15 is 0 Å². The number of hydrogen-bond acceptors (Lipinski definition) is 4. The van der Waals surface area contributed by atoms with E-state index in [0.717, 1.165) is 29.0 Å². The lowest BCUT2D eigenvalue weighted by Gasteiger charge is -2.28. The second-order valence-corrected chi connectivity index (χ2v) is 6.56. The maximum atomic E-state index is 5.40. The third-order valence-corrected chi connectivity index (χ3v) is 5.22. The Hall–Kier alpha value is -1.07. The Labute approximate surface area is 124 Å². The Morgan fingerprint density at radius 1 is 1.45 bits per heavy atom. The molecule has 5 heteroatoms. The molecule has 110 valence electrons. The number of imidazole rings is 1. The lowest BCUT2D eigenvalue weighted by molar-refractivity contribution is 0.278. The van der Waals surface area contributed by atoms with Crippen molar-refractivity contribution in [2.45, 2.75) is 51.6 Å². The first-order valence-electron chi connectivity index (χ1n) is 7.51. The highest BCUT2D eigenvalue weighted by Crippen LogP contribution is 2.27. The molecule has 1 aliphatic carbocycles. The summed E-state index contributed by atoms with van der Waals surface area (Å²) in [6.45, 7) is 3.13. The van der Waals surface area contributed by atoms with Gasteiger partial charge in [0, 0.05) is 24.2 Å². The van der Waals surface area contributed by atoms with E-state index in [1.807, 2.05) is 0 Å². The van der Waals surface area contributed by atoms with Crippen LogP contribution in [-0.2, 0) is 6.54 Å². The van der Waals surface area contributed by atoms with Gasteiger partial charge in [0.15, 0.2) is 4.96 Å². The van der Waals surface area contributed by atoms with Crippen molar-refractivity contribution in [3.8, 4) is 5.88 Å². The van der Waals surface area contributed by atoms with Crippen LogP contribution in [0.2, 0.25) is 0 Å². The normalized spacial score (nSPS) is 18.5. The van der Waals surface area contributed by atoms with E-state index < -0.39 is 0 Å². The molecule has 0 aliphatic heterocycles. The number of thiazole rings is 1. The number of nitrogens with one attached hydrogen (secondary N) is 1. The van der Waals surface area contributed by atoms with Gasteiger partial charge in [-0.15, -0.1) is 11.3 Å². The van der Waals surface area contributed by atoms with Crippen molar-refractivity contribution < 1.29 is 4.74 Å². The summed E-state index contributed by atoms with van der Waals surface area (Å²) >= 11 is 1.64. The molecular weight excluding hydrogens is 270 g/mol. The number of rotatable bonds is 5. The summed E-state index contributed by atoms with van der Waals surface area (Å²) in [6, 6.07) is 0.559. The molecule has 2 aromatic heterocycles. The van der Waals surface area contributed by atoms with Gasteiger partial charge in [-0.2, -0.15) is 4.98 Å². The number of nitrogens with zero attached hydrogens (tertiary/aromatic N) is 2. The van der Waals surface area contributed by atoms with Crippen molar-refractivity contribution in [3.05, 3.63) is 17.3 Å². The van der Waals surface area contributed by atoms with Crippen molar-refractivity contribution in [2.24, 2.45) is 5.92 Å². The fourth-order valence-corrected chi connectivity index (χ4v) is 3.92. The molecule has 2 heterocycles. The van der Waals surface area contributed by atoms with Gasteiger partial charge in [-0.25, -0.2) is 0 Å². The van der Waals surface area contributed by atoms with Crippen molar-refractivity contribution in [2.75, 3.05) is 7.11 Å². The SMILES string of the molecule is COc1nc2sccn2c1CNC(C)C1CCCCC1. The largest absolute Gasteiger partial charge is 0.480 e. The van der Waals surface area contributed by atoms with E-state index in [1.165, 1.54) is 32.1 Å². The smallest absolute Gasteiger partial charge is 0.237 e. The maximum Gasteiger partial charge on any atom is 0.237 e. The first-order chi connectivity index (χ1) is 9.79. The van der Waals surface area contributed by atoms with Gasteiger partial charge in [0.25, 0.3) is 0 Å². The Morgan fingerprint density at radius 3 is 3.00 bits per heavy atom. The fraction of sp³-hybridized carbons (Fsp3) is 0.667. The van der Waals surface area contributed by atoms with Crippen LogP contribution in [0.5, 0.6) is 5.88 Å². The number of hydrogen-bond donors (Lipinski definition) is 1. The molecule has 20 heavy (non-hydrogen) atoms. The summed E-state index contributed by atoms with van der Waals surface area (Å²) < 4.78 is 7.53. The molecule has 1 atom stereocenters. The molecule has 0 bridgehead atoms. The summed E-state index contributed by atoms with van der Waals surface area (Å²) in [4.78, 5) is 5.50. The molecule has 4 nitrogen and oxygen atoms in total. The zero-order chi connectivity index (χ0) is 13.9. The third-order valence-electron chi connectivity index (χ3n) is 4.47. The first-order valence-corrected chi connectivity index (χ1v) is 8.39. The van der Waals surface area contributed by atoms with Crippen molar-refractivity contribution >= 4 is 16.3 Å². The number of methoxy groups -OCH3 is 1. The van der Waals surface area contributed by atoms with Crippen molar-refractivity contribution in [1.29, 1.82) is 0 Å². The molecule has 0 amide bonds. The molecule has 0 aromatic carbocycles. The van der Waals surface area contributed by atoms with Gasteiger partial charge in [-0.05, 0) is 25.7 Å². The minimum atomic E-state index is 0.559. The van der Waals surface area contributed by atoms with Gasteiger partial charge in [0.05, 0.1) is 7.11 Å². The fourth-order valence-electron chi connectivity index (χ4n) is 3.20. The predicted molar refractivity (Wildman–Crippen MR) is 82.5 cm³/mol. The van der Waals surface area contributed by atoms with Crippen LogP contribution in [0.15, 0.2) is 11.6 Å². The molecule has 3 rings (SSSR count). The molecule has 0 saturated heterocycles. The van der Waals surface area contributed by atoms with Crippen LogP contribution in [0.4, 0.5) is 0 Å². The van der Waals surface area contributed by atoms with Gasteiger partial charge < -0.3 is 10.1 Å². The standard InChI is InChI=1S/C15H23N3OS/c1-11(12-6-4-3-5-7-12)16-10-13-14(19-2)17-15-18(13)8-9-20-15/h8-9,11-12,16H,3-7,10H2,1-2H3. The van der Waals surface area contributed by atoms with Crippen molar-refractivity contribution in [3.63, 3.8) is 0 Å². The molecule has 2 aromatic rings. The number of aromatic nitrogens is 2. The number of fused-ring (bicyclic) bond motifs is 1. The zero-order valence-electron chi connectivity index (χ0n) is 12.3. The molecule has 1 N–H and O–H groups in total. The summed E-state index contributed by atoms with van der Waals surface area (Å²) in [7, 11) is 1.69. The van der Waals surface area contributed by atoms with Gasteiger partial charge in [-0.3, -0.25) is 4.40 Å². The monoisotopic (exact) mass is 293 g/mol. The summed E-state index contributed by atoms with van der Waals surface area (Å²) in [5.41, 5.74) is 1.13.